The van der Waals surface area contributed by atoms with Crippen LogP contribution >= 0.6 is 23.1 Å². The normalized spacial score (nSPS) is 12.5. The number of pyridine rings is 1. The number of benzene rings is 1. The van der Waals surface area contributed by atoms with Gasteiger partial charge in [-0.05, 0) is 63.8 Å². The van der Waals surface area contributed by atoms with Crippen molar-refractivity contribution in [2.45, 2.75) is 58.9 Å². The number of hydrogen-bond donors (Lipinski definition) is 1. The number of amides is 1. The molecule has 184 valence electrons. The molecule has 0 aliphatic rings. The lowest BCUT2D eigenvalue weighted by molar-refractivity contribution is -0.115. The smallest absolute Gasteiger partial charge is 0.350 e. The van der Waals surface area contributed by atoms with E-state index >= 15 is 0 Å². The highest BCUT2D eigenvalue weighted by atomic mass is 32.2. The van der Waals surface area contributed by atoms with Crippen LogP contribution in [0.25, 0.3) is 16.6 Å². The number of thiazole rings is 1. The second-order valence-corrected chi connectivity index (χ2v) is 11.5. The molecule has 3 heterocycles. The van der Waals surface area contributed by atoms with Crippen LogP contribution in [0.5, 0.6) is 0 Å². The molecule has 8 nitrogen and oxygen atoms in total. The molecule has 10 heteroatoms. The predicted molar refractivity (Wildman–Crippen MR) is 141 cm³/mol. The topological polar surface area (TPSA) is 98.5 Å². The summed E-state index contributed by atoms with van der Waals surface area (Å²) in [6, 6.07) is 6.32. The second-order valence-electron chi connectivity index (χ2n) is 9.16. The largest absolute Gasteiger partial charge is 0.461 e. The minimum atomic E-state index is -0.468. The van der Waals surface area contributed by atoms with Crippen molar-refractivity contribution >= 4 is 56.7 Å². The van der Waals surface area contributed by atoms with E-state index in [-0.39, 0.29) is 11.8 Å². The number of anilines is 1. The molecule has 0 radical (unpaired) electrons. The molecule has 3 aromatic heterocycles. The molecule has 4 rings (SSSR count). The molecule has 4 aromatic rings. The van der Waals surface area contributed by atoms with Crippen LogP contribution in [0.15, 0.2) is 23.4 Å². The number of nitrogens with one attached hydrogen (secondary N) is 1. The van der Waals surface area contributed by atoms with Crippen molar-refractivity contribution < 1.29 is 14.3 Å². The summed E-state index contributed by atoms with van der Waals surface area (Å²) in [5.74, 6) is -0.405. The van der Waals surface area contributed by atoms with E-state index < -0.39 is 11.2 Å². The maximum absolute atomic E-state index is 13.0. The van der Waals surface area contributed by atoms with Crippen molar-refractivity contribution in [2.24, 2.45) is 5.92 Å². The van der Waals surface area contributed by atoms with E-state index in [0.29, 0.717) is 27.5 Å². The monoisotopic (exact) mass is 511 g/mol. The lowest BCUT2D eigenvalue weighted by Crippen LogP contribution is -2.22. The van der Waals surface area contributed by atoms with Crippen molar-refractivity contribution in [3.8, 4) is 0 Å². The Morgan fingerprint density at radius 3 is 2.54 bits per heavy atom. The molecular weight excluding hydrogens is 482 g/mol. The number of nitrogens with zero attached hydrogens (tertiary/aromatic N) is 4. The van der Waals surface area contributed by atoms with E-state index in [2.05, 4.69) is 53.4 Å². The number of ether oxygens (including phenoxy) is 1. The van der Waals surface area contributed by atoms with Crippen LogP contribution in [0.2, 0.25) is 0 Å². The number of fused-ring (bicyclic) bond motifs is 3. The number of aryl methyl sites for hydroxylation is 4. The predicted octanol–water partition coefficient (Wildman–Crippen LogP) is 5.50. The number of hydrogen-bond acceptors (Lipinski definition) is 8. The molecule has 0 bridgehead atoms. The van der Waals surface area contributed by atoms with Crippen LogP contribution in [-0.4, -0.2) is 43.3 Å². The third-order valence-corrected chi connectivity index (χ3v) is 7.60. The van der Waals surface area contributed by atoms with Crippen molar-refractivity contribution in [1.29, 1.82) is 0 Å². The fourth-order valence-electron chi connectivity index (χ4n) is 3.86. The maximum Gasteiger partial charge on any atom is 0.350 e. The van der Waals surface area contributed by atoms with Crippen LogP contribution in [-0.2, 0) is 9.53 Å². The number of esters is 1. The Hall–Kier alpha value is -2.98. The van der Waals surface area contributed by atoms with Crippen LogP contribution < -0.4 is 5.32 Å². The zero-order valence-corrected chi connectivity index (χ0v) is 22.6. The molecule has 1 aromatic carbocycles. The van der Waals surface area contributed by atoms with Crippen molar-refractivity contribution in [2.75, 3.05) is 11.9 Å². The van der Waals surface area contributed by atoms with E-state index in [0.717, 1.165) is 39.0 Å². The van der Waals surface area contributed by atoms with E-state index in [1.807, 2.05) is 31.2 Å². The maximum atomic E-state index is 13.0. The lowest BCUT2D eigenvalue weighted by atomic mass is 10.0. The van der Waals surface area contributed by atoms with E-state index in [1.54, 1.807) is 6.92 Å². The fraction of sp³-hybridized carbons (Fsp3) is 0.400. The highest BCUT2D eigenvalue weighted by Gasteiger charge is 2.23. The molecule has 0 fully saturated rings. The first-order valence-electron chi connectivity index (χ1n) is 11.4. The highest BCUT2D eigenvalue weighted by Crippen LogP contribution is 2.31. The van der Waals surface area contributed by atoms with Gasteiger partial charge in [0.25, 0.3) is 0 Å². The first-order chi connectivity index (χ1) is 16.5. The highest BCUT2D eigenvalue weighted by molar-refractivity contribution is 8.00. The zero-order chi connectivity index (χ0) is 25.4. The van der Waals surface area contributed by atoms with Gasteiger partial charge in [0, 0.05) is 5.39 Å². The van der Waals surface area contributed by atoms with Gasteiger partial charge >= 0.3 is 5.97 Å². The lowest BCUT2D eigenvalue weighted by Gasteiger charge is -2.13. The molecule has 1 atom stereocenters. The first-order valence-corrected chi connectivity index (χ1v) is 13.1. The minimum Gasteiger partial charge on any atom is -0.461 e. The molecule has 0 aliphatic carbocycles. The summed E-state index contributed by atoms with van der Waals surface area (Å²) < 4.78 is 7.32. The van der Waals surface area contributed by atoms with Gasteiger partial charge < -0.3 is 10.1 Å². The zero-order valence-electron chi connectivity index (χ0n) is 20.9. The summed E-state index contributed by atoms with van der Waals surface area (Å²) in [7, 11) is 0. The Labute approximate surface area is 212 Å². The number of aromatic nitrogens is 4. The SMILES string of the molecule is Cc1cc(C)c2c(c1)c(C)cc1nnc(SC(C)C(=O)Nc3nc(C)c(C(=O)OCC(C)C)s3)n12. The Kier molecular flexibility index (Phi) is 7.14. The summed E-state index contributed by atoms with van der Waals surface area (Å²) in [5.41, 5.74) is 5.79. The summed E-state index contributed by atoms with van der Waals surface area (Å²) in [6.45, 7) is 14.1. The van der Waals surface area contributed by atoms with Crippen LogP contribution in [0, 0.1) is 33.6 Å². The molecule has 0 saturated carbocycles. The van der Waals surface area contributed by atoms with Gasteiger partial charge in [0.1, 0.15) is 4.88 Å². The average Bonchev–Trinajstić information content (AvgIpc) is 3.34. The van der Waals surface area contributed by atoms with Crippen LogP contribution in [0.3, 0.4) is 0 Å². The van der Waals surface area contributed by atoms with E-state index in [9.17, 15) is 9.59 Å². The molecular formula is C25H29N5O3S2. The van der Waals surface area contributed by atoms with Gasteiger partial charge in [-0.2, -0.15) is 0 Å². The van der Waals surface area contributed by atoms with Gasteiger partial charge in [-0.25, -0.2) is 9.78 Å². The van der Waals surface area contributed by atoms with Crippen LogP contribution in [0.1, 0.15) is 52.8 Å². The van der Waals surface area contributed by atoms with Crippen molar-refractivity contribution in [1.82, 2.24) is 19.6 Å². The Balaban J connectivity index is 1.55. The van der Waals surface area contributed by atoms with Gasteiger partial charge in [-0.15, -0.1) is 10.2 Å². The van der Waals surface area contributed by atoms with Crippen molar-refractivity contribution in [3.05, 3.63) is 45.5 Å². The van der Waals surface area contributed by atoms with Gasteiger partial charge in [0.15, 0.2) is 15.9 Å². The molecule has 1 N–H and O–H groups in total. The molecule has 1 amide bonds. The third-order valence-electron chi connectivity index (χ3n) is 5.51. The minimum absolute atomic E-state index is 0.230. The molecule has 0 saturated heterocycles. The Bertz CT molecular complexity index is 1440. The molecule has 0 aliphatic heterocycles. The molecule has 1 unspecified atom stereocenters. The molecule has 35 heavy (non-hydrogen) atoms. The number of thioether (sulfide) groups is 1. The second kappa shape index (κ2) is 9.94. The number of carbonyl (C=O) groups excluding carboxylic acids is 2. The van der Waals surface area contributed by atoms with Crippen LogP contribution in [0.4, 0.5) is 5.13 Å². The number of rotatable bonds is 7. The summed E-state index contributed by atoms with van der Waals surface area (Å²) in [4.78, 5) is 30.0. The third kappa shape index (κ3) is 5.18. The van der Waals surface area contributed by atoms with Gasteiger partial charge in [-0.3, -0.25) is 9.20 Å². The summed E-state index contributed by atoms with van der Waals surface area (Å²) in [6.07, 6.45) is 0. The quantitative estimate of drug-likeness (QED) is 0.258. The van der Waals surface area contributed by atoms with Gasteiger partial charge in [-0.1, -0.05) is 48.6 Å². The van der Waals surface area contributed by atoms with E-state index in [4.69, 9.17) is 4.74 Å². The fourth-order valence-corrected chi connectivity index (χ4v) is 5.58. The van der Waals surface area contributed by atoms with Crippen molar-refractivity contribution in [3.63, 3.8) is 0 Å². The first kappa shape index (κ1) is 25.1. The standard InChI is InChI=1S/C25H29N5O3S2/c1-12(2)11-33-23(32)21-16(6)26-24(35-21)27-22(31)17(7)34-25-29-28-19-10-14(4)18-9-13(3)8-15(5)20(18)30(19)25/h8-10,12,17H,11H2,1-7H3,(H,26,27,31). The molecule has 0 spiro atoms. The Morgan fingerprint density at radius 2 is 1.83 bits per heavy atom. The van der Waals surface area contributed by atoms with Gasteiger partial charge in [0.05, 0.1) is 23.1 Å². The average molecular weight is 512 g/mol. The summed E-state index contributed by atoms with van der Waals surface area (Å²) >= 11 is 2.45. The van der Waals surface area contributed by atoms with E-state index in [1.165, 1.54) is 17.3 Å². The Morgan fingerprint density at radius 1 is 1.09 bits per heavy atom. The number of carbonyl (C=O) groups is 2. The summed E-state index contributed by atoms with van der Waals surface area (Å²) in [5, 5.41) is 13.3. The van der Waals surface area contributed by atoms with Gasteiger partial charge in [0.2, 0.25) is 5.91 Å².